The van der Waals surface area contributed by atoms with Gasteiger partial charge in [0.15, 0.2) is 0 Å². The summed E-state index contributed by atoms with van der Waals surface area (Å²) in [6, 6.07) is 7.49. The number of hydrogen-bond acceptors (Lipinski definition) is 9. The van der Waals surface area contributed by atoms with Crippen LogP contribution in [-0.2, 0) is 35.6 Å². The van der Waals surface area contributed by atoms with Crippen molar-refractivity contribution in [3.63, 3.8) is 0 Å². The molecule has 10 nitrogen and oxygen atoms in total. The summed E-state index contributed by atoms with van der Waals surface area (Å²) in [5.74, 6) is -0.827. The summed E-state index contributed by atoms with van der Waals surface area (Å²) in [6.45, 7) is 0.970. The van der Waals surface area contributed by atoms with Gasteiger partial charge >= 0.3 is 11.9 Å². The molecule has 0 bridgehead atoms. The summed E-state index contributed by atoms with van der Waals surface area (Å²) >= 11 is 0. The Labute approximate surface area is 185 Å². The average Bonchev–Trinajstić information content (AvgIpc) is 3.30. The molecule has 172 valence electrons. The van der Waals surface area contributed by atoms with E-state index >= 15 is 0 Å². The molecule has 1 aliphatic heterocycles. The molecule has 1 aliphatic rings. The van der Waals surface area contributed by atoms with E-state index in [4.69, 9.17) is 18.6 Å². The number of rotatable bonds is 8. The molecule has 2 heterocycles. The first-order valence-electron chi connectivity index (χ1n) is 9.63. The van der Waals surface area contributed by atoms with Crippen molar-refractivity contribution in [1.82, 2.24) is 4.31 Å². The third-order valence-corrected chi connectivity index (χ3v) is 6.51. The number of carbonyl (C=O) groups is 2. The molecule has 0 amide bonds. The Bertz CT molecular complexity index is 1100. The fourth-order valence-corrected chi connectivity index (χ4v) is 4.54. The molecular formula is C21H23NO9S. The van der Waals surface area contributed by atoms with Crippen molar-refractivity contribution in [2.45, 2.75) is 11.5 Å². The molecule has 0 aliphatic carbocycles. The lowest BCUT2D eigenvalue weighted by molar-refractivity contribution is -0.139. The Morgan fingerprint density at radius 2 is 1.88 bits per heavy atom. The Morgan fingerprint density at radius 3 is 2.56 bits per heavy atom. The van der Waals surface area contributed by atoms with Gasteiger partial charge < -0.3 is 23.4 Å². The third kappa shape index (κ3) is 5.55. The molecule has 32 heavy (non-hydrogen) atoms. The predicted octanol–water partition coefficient (Wildman–Crippen LogP) is 1.85. The lowest BCUT2D eigenvalue weighted by Gasteiger charge is -2.26. The zero-order chi connectivity index (χ0) is 23.1. The number of morpholine rings is 1. The monoisotopic (exact) mass is 465 g/mol. The van der Waals surface area contributed by atoms with Gasteiger partial charge in [-0.25, -0.2) is 18.0 Å². The number of esters is 2. The van der Waals surface area contributed by atoms with Gasteiger partial charge in [-0.1, -0.05) is 6.07 Å². The Kier molecular flexibility index (Phi) is 7.67. The highest BCUT2D eigenvalue weighted by molar-refractivity contribution is 7.89. The normalized spacial score (nSPS) is 14.9. The van der Waals surface area contributed by atoms with Crippen molar-refractivity contribution in [3.8, 4) is 5.75 Å². The molecule has 1 fully saturated rings. The fourth-order valence-electron chi connectivity index (χ4n) is 2.95. The summed E-state index contributed by atoms with van der Waals surface area (Å²) < 4.78 is 52.6. The van der Waals surface area contributed by atoms with Gasteiger partial charge in [0, 0.05) is 19.2 Å². The molecular weight excluding hydrogens is 442 g/mol. The molecule has 0 N–H and O–H groups in total. The molecule has 0 saturated carbocycles. The maximum Gasteiger partial charge on any atom is 0.373 e. The van der Waals surface area contributed by atoms with Crippen LogP contribution in [0.2, 0.25) is 0 Å². The van der Waals surface area contributed by atoms with E-state index < -0.39 is 22.0 Å². The maximum atomic E-state index is 13.0. The number of benzene rings is 1. The van der Waals surface area contributed by atoms with Crippen molar-refractivity contribution in [2.75, 3.05) is 40.5 Å². The molecule has 0 spiro atoms. The van der Waals surface area contributed by atoms with Crippen LogP contribution in [0.1, 0.15) is 21.9 Å². The summed E-state index contributed by atoms with van der Waals surface area (Å²) in [5.41, 5.74) is 0.473. The predicted molar refractivity (Wildman–Crippen MR) is 111 cm³/mol. The number of furan rings is 1. The molecule has 3 rings (SSSR count). The van der Waals surface area contributed by atoms with Crippen LogP contribution in [0, 0.1) is 0 Å². The van der Waals surface area contributed by atoms with E-state index in [1.165, 1.54) is 48.9 Å². The lowest BCUT2D eigenvalue weighted by Crippen LogP contribution is -2.40. The van der Waals surface area contributed by atoms with E-state index in [-0.39, 0.29) is 41.9 Å². The van der Waals surface area contributed by atoms with Crippen LogP contribution in [0.3, 0.4) is 0 Å². The maximum absolute atomic E-state index is 13.0. The standard InChI is InChI=1S/C21H23NO9S/c1-27-17-6-3-15(13-19(17)32(25,26)22-9-11-29-12-10-22)4-8-20(23)30-14-16-5-7-18(31-16)21(24)28-2/h3-8,13H,9-12,14H2,1-2H3/b8-4+. The number of carbonyl (C=O) groups excluding carboxylic acids is 2. The summed E-state index contributed by atoms with van der Waals surface area (Å²) in [7, 11) is -1.17. The van der Waals surface area contributed by atoms with Gasteiger partial charge in [-0.2, -0.15) is 4.31 Å². The molecule has 1 aromatic heterocycles. The van der Waals surface area contributed by atoms with Gasteiger partial charge in [-0.3, -0.25) is 0 Å². The number of sulfonamides is 1. The van der Waals surface area contributed by atoms with E-state index in [2.05, 4.69) is 4.74 Å². The molecule has 11 heteroatoms. The number of ether oxygens (including phenoxy) is 4. The van der Waals surface area contributed by atoms with Gasteiger partial charge in [0.25, 0.3) is 0 Å². The van der Waals surface area contributed by atoms with Gasteiger partial charge in [0.2, 0.25) is 15.8 Å². The van der Waals surface area contributed by atoms with Crippen LogP contribution >= 0.6 is 0 Å². The van der Waals surface area contributed by atoms with Crippen LogP contribution < -0.4 is 4.74 Å². The highest BCUT2D eigenvalue weighted by atomic mass is 32.2. The number of hydrogen-bond donors (Lipinski definition) is 0. The fraction of sp³-hybridized carbons (Fsp3) is 0.333. The minimum absolute atomic E-state index is 0.00123. The molecule has 1 saturated heterocycles. The highest BCUT2D eigenvalue weighted by Crippen LogP contribution is 2.28. The SMILES string of the molecule is COC(=O)c1ccc(COC(=O)/C=C/c2ccc(OC)c(S(=O)(=O)N3CCOCC3)c2)o1. The van der Waals surface area contributed by atoms with Gasteiger partial charge in [0.05, 0.1) is 27.4 Å². The first-order valence-corrected chi connectivity index (χ1v) is 11.1. The minimum Gasteiger partial charge on any atom is -0.495 e. The number of nitrogens with zero attached hydrogens (tertiary/aromatic N) is 1. The molecule has 2 aromatic rings. The van der Waals surface area contributed by atoms with Crippen LogP contribution in [0.5, 0.6) is 5.75 Å². The van der Waals surface area contributed by atoms with Crippen molar-refractivity contribution < 1.29 is 41.4 Å². The first-order chi connectivity index (χ1) is 15.3. The second kappa shape index (κ2) is 10.4. The zero-order valence-corrected chi connectivity index (χ0v) is 18.4. The van der Waals surface area contributed by atoms with Crippen LogP contribution in [-0.4, -0.2) is 65.2 Å². The third-order valence-electron chi connectivity index (χ3n) is 4.59. The van der Waals surface area contributed by atoms with E-state index in [1.54, 1.807) is 6.07 Å². The van der Waals surface area contributed by atoms with Gasteiger partial charge in [-0.15, -0.1) is 0 Å². The van der Waals surface area contributed by atoms with Gasteiger partial charge in [0.1, 0.15) is 23.0 Å². The topological polar surface area (TPSA) is 122 Å². The second-order valence-electron chi connectivity index (χ2n) is 6.63. The summed E-state index contributed by atoms with van der Waals surface area (Å²) in [5, 5.41) is 0. The highest BCUT2D eigenvalue weighted by Gasteiger charge is 2.29. The molecule has 0 unspecified atom stereocenters. The van der Waals surface area contributed by atoms with Gasteiger partial charge in [-0.05, 0) is 35.9 Å². The Balaban J connectivity index is 1.68. The Hall–Kier alpha value is -3.15. The van der Waals surface area contributed by atoms with E-state index in [1.807, 2.05) is 0 Å². The average molecular weight is 465 g/mol. The molecule has 1 aromatic carbocycles. The smallest absolute Gasteiger partial charge is 0.373 e. The van der Waals surface area contributed by atoms with Crippen molar-refractivity contribution >= 4 is 28.0 Å². The number of methoxy groups -OCH3 is 2. The van der Waals surface area contributed by atoms with E-state index in [9.17, 15) is 18.0 Å². The van der Waals surface area contributed by atoms with Crippen LogP contribution in [0.25, 0.3) is 6.08 Å². The lowest BCUT2D eigenvalue weighted by atomic mass is 10.2. The zero-order valence-electron chi connectivity index (χ0n) is 17.6. The van der Waals surface area contributed by atoms with Crippen molar-refractivity contribution in [3.05, 3.63) is 53.5 Å². The van der Waals surface area contributed by atoms with Crippen molar-refractivity contribution in [2.24, 2.45) is 0 Å². The van der Waals surface area contributed by atoms with Crippen LogP contribution in [0.15, 0.2) is 45.7 Å². The summed E-state index contributed by atoms with van der Waals surface area (Å²) in [4.78, 5) is 23.4. The minimum atomic E-state index is -3.79. The molecule has 0 radical (unpaired) electrons. The quantitative estimate of drug-likeness (QED) is 0.425. The van der Waals surface area contributed by atoms with Crippen molar-refractivity contribution in [1.29, 1.82) is 0 Å². The second-order valence-corrected chi connectivity index (χ2v) is 8.53. The molecule has 0 atom stereocenters. The van der Waals surface area contributed by atoms with E-state index in [0.29, 0.717) is 18.8 Å². The van der Waals surface area contributed by atoms with E-state index in [0.717, 1.165) is 6.08 Å². The largest absolute Gasteiger partial charge is 0.495 e. The summed E-state index contributed by atoms with van der Waals surface area (Å²) in [6.07, 6.45) is 2.60. The first kappa shape index (κ1) is 23.5. The van der Waals surface area contributed by atoms with Crippen LogP contribution in [0.4, 0.5) is 0 Å². The Morgan fingerprint density at radius 1 is 1.12 bits per heavy atom.